The zero-order valence-electron chi connectivity index (χ0n) is 14.8. The molecule has 2 aromatic carbocycles. The molecule has 0 unspecified atom stereocenters. The van der Waals surface area contributed by atoms with Gasteiger partial charge in [-0.15, -0.1) is 0 Å². The van der Waals surface area contributed by atoms with Crippen molar-refractivity contribution < 1.29 is 14.6 Å². The van der Waals surface area contributed by atoms with Crippen LogP contribution in [0.2, 0.25) is 0 Å². The second kappa shape index (κ2) is 7.68. The lowest BCUT2D eigenvalue weighted by Gasteiger charge is -2.13. The lowest BCUT2D eigenvalue weighted by Crippen LogP contribution is -1.92. The predicted octanol–water partition coefficient (Wildman–Crippen LogP) is 4.96. The Morgan fingerprint density at radius 1 is 0.958 bits per heavy atom. The predicted molar refractivity (Wildman–Crippen MR) is 98.0 cm³/mol. The molecule has 24 heavy (non-hydrogen) atoms. The van der Waals surface area contributed by atoms with Crippen LogP contribution in [0.5, 0.6) is 17.2 Å². The maximum Gasteiger partial charge on any atom is 0.132 e. The summed E-state index contributed by atoms with van der Waals surface area (Å²) in [6, 6.07) is 11.3. The molecule has 1 heterocycles. The molecule has 0 aliphatic rings. The number of hydrogen-bond acceptors (Lipinski definition) is 4. The summed E-state index contributed by atoms with van der Waals surface area (Å²) in [6.45, 7) is 5.87. The number of ether oxygens (including phenoxy) is 2. The van der Waals surface area contributed by atoms with Crippen LogP contribution in [0.3, 0.4) is 0 Å². The number of aromatic hydroxyl groups is 1. The monoisotopic (exact) mass is 325 g/mol. The minimum atomic E-state index is 0.273. The minimum Gasteiger partial charge on any atom is -0.508 e. The molecule has 0 amide bonds. The number of hydrogen-bond donors (Lipinski definition) is 1. The van der Waals surface area contributed by atoms with Crippen LogP contribution in [0.4, 0.5) is 0 Å². The van der Waals surface area contributed by atoms with Crippen molar-refractivity contribution in [2.45, 2.75) is 20.8 Å². The van der Waals surface area contributed by atoms with Crippen LogP contribution in [0.1, 0.15) is 19.4 Å². The topological polar surface area (TPSA) is 51.6 Å². The van der Waals surface area contributed by atoms with E-state index in [0.717, 1.165) is 27.6 Å². The third-order valence-corrected chi connectivity index (χ3v) is 3.75. The Kier molecular flexibility index (Phi) is 5.64. The third kappa shape index (κ3) is 3.27. The summed E-state index contributed by atoms with van der Waals surface area (Å²) in [6.07, 6.45) is 1.74. The van der Waals surface area contributed by atoms with E-state index in [9.17, 15) is 5.11 Å². The first-order valence-corrected chi connectivity index (χ1v) is 7.94. The van der Waals surface area contributed by atoms with Crippen LogP contribution < -0.4 is 9.47 Å². The van der Waals surface area contributed by atoms with E-state index in [1.807, 2.05) is 51.1 Å². The Balaban J connectivity index is 0.00000100. The number of aryl methyl sites for hydroxylation is 1. The Bertz CT molecular complexity index is 844. The van der Waals surface area contributed by atoms with Crippen LogP contribution in [-0.2, 0) is 0 Å². The highest BCUT2D eigenvalue weighted by molar-refractivity contribution is 5.99. The van der Waals surface area contributed by atoms with Gasteiger partial charge in [0.1, 0.15) is 17.2 Å². The lowest BCUT2D eigenvalue weighted by molar-refractivity contribution is 0.398. The number of nitrogens with zero attached hydrogens (tertiary/aromatic N) is 1. The number of phenolic OH excluding ortho intramolecular Hbond substituents is 1. The molecule has 126 valence electrons. The van der Waals surface area contributed by atoms with Gasteiger partial charge in [-0.1, -0.05) is 26.0 Å². The standard InChI is InChI=1S/C18H17NO3.C2H6/c1-11-4-5-12(8-16(11)20)14-6-7-19-15-9-13(21-2)10-17(22-3)18(14)15;1-2/h4-10,20H,1-3H3;1-2H3. The normalized spacial score (nSPS) is 10.0. The molecule has 0 saturated carbocycles. The van der Waals surface area contributed by atoms with E-state index in [4.69, 9.17) is 9.47 Å². The van der Waals surface area contributed by atoms with Gasteiger partial charge in [-0.05, 0) is 35.7 Å². The second-order valence-corrected chi connectivity index (χ2v) is 5.08. The van der Waals surface area contributed by atoms with Gasteiger partial charge in [-0.3, -0.25) is 4.98 Å². The van der Waals surface area contributed by atoms with Crippen molar-refractivity contribution in [3.63, 3.8) is 0 Å². The summed E-state index contributed by atoms with van der Waals surface area (Å²) < 4.78 is 10.8. The van der Waals surface area contributed by atoms with Crippen LogP contribution in [0.25, 0.3) is 22.0 Å². The molecule has 4 nitrogen and oxygen atoms in total. The molecule has 0 atom stereocenters. The number of pyridine rings is 1. The van der Waals surface area contributed by atoms with Gasteiger partial charge in [-0.2, -0.15) is 0 Å². The van der Waals surface area contributed by atoms with Gasteiger partial charge in [0, 0.05) is 18.3 Å². The fourth-order valence-electron chi connectivity index (χ4n) is 2.52. The van der Waals surface area contributed by atoms with Gasteiger partial charge in [0.05, 0.1) is 25.1 Å². The Hall–Kier alpha value is -2.75. The quantitative estimate of drug-likeness (QED) is 0.739. The maximum atomic E-state index is 9.98. The molecule has 0 spiro atoms. The van der Waals surface area contributed by atoms with Crippen LogP contribution in [0.15, 0.2) is 42.6 Å². The third-order valence-electron chi connectivity index (χ3n) is 3.75. The largest absolute Gasteiger partial charge is 0.508 e. The van der Waals surface area contributed by atoms with Crippen LogP contribution in [0, 0.1) is 6.92 Å². The van der Waals surface area contributed by atoms with Crippen molar-refractivity contribution in [2.24, 2.45) is 0 Å². The highest BCUT2D eigenvalue weighted by atomic mass is 16.5. The molecule has 0 bridgehead atoms. The second-order valence-electron chi connectivity index (χ2n) is 5.08. The van der Waals surface area contributed by atoms with Crippen molar-refractivity contribution in [1.29, 1.82) is 0 Å². The van der Waals surface area contributed by atoms with E-state index in [2.05, 4.69) is 4.98 Å². The van der Waals surface area contributed by atoms with Gasteiger partial charge in [0.25, 0.3) is 0 Å². The van der Waals surface area contributed by atoms with Crippen molar-refractivity contribution >= 4 is 10.9 Å². The summed E-state index contributed by atoms with van der Waals surface area (Å²) in [4.78, 5) is 4.40. The highest BCUT2D eigenvalue weighted by Gasteiger charge is 2.13. The highest BCUT2D eigenvalue weighted by Crippen LogP contribution is 2.38. The number of methoxy groups -OCH3 is 2. The Labute approximate surface area is 142 Å². The molecule has 4 heteroatoms. The number of benzene rings is 2. The minimum absolute atomic E-state index is 0.273. The maximum absolute atomic E-state index is 9.98. The first-order valence-electron chi connectivity index (χ1n) is 7.94. The molecule has 1 aromatic heterocycles. The van der Waals surface area contributed by atoms with E-state index in [1.54, 1.807) is 26.5 Å². The number of rotatable bonds is 3. The fourth-order valence-corrected chi connectivity index (χ4v) is 2.52. The molecule has 0 radical (unpaired) electrons. The number of fused-ring (bicyclic) bond motifs is 1. The summed E-state index contributed by atoms with van der Waals surface area (Å²) in [5.41, 5.74) is 3.50. The molecule has 3 aromatic rings. The van der Waals surface area contributed by atoms with Gasteiger partial charge < -0.3 is 14.6 Å². The zero-order valence-corrected chi connectivity index (χ0v) is 14.8. The fraction of sp³-hybridized carbons (Fsp3) is 0.250. The van der Waals surface area contributed by atoms with Gasteiger partial charge in [0.15, 0.2) is 0 Å². The van der Waals surface area contributed by atoms with E-state index in [-0.39, 0.29) is 5.75 Å². The Morgan fingerprint density at radius 3 is 2.33 bits per heavy atom. The van der Waals surface area contributed by atoms with Crippen molar-refractivity contribution in [2.75, 3.05) is 14.2 Å². The molecule has 1 N–H and O–H groups in total. The molecule has 0 aliphatic carbocycles. The first-order chi connectivity index (χ1) is 11.6. The zero-order chi connectivity index (χ0) is 17.7. The average Bonchev–Trinajstić information content (AvgIpc) is 2.64. The van der Waals surface area contributed by atoms with Gasteiger partial charge >= 0.3 is 0 Å². The van der Waals surface area contributed by atoms with Crippen LogP contribution >= 0.6 is 0 Å². The van der Waals surface area contributed by atoms with Gasteiger partial charge in [-0.25, -0.2) is 0 Å². The molecule has 0 saturated heterocycles. The summed E-state index contributed by atoms with van der Waals surface area (Å²) in [5, 5.41) is 10.9. The van der Waals surface area contributed by atoms with E-state index < -0.39 is 0 Å². The summed E-state index contributed by atoms with van der Waals surface area (Å²) in [5.74, 6) is 1.66. The van der Waals surface area contributed by atoms with Gasteiger partial charge in [0.2, 0.25) is 0 Å². The SMILES string of the molecule is CC.COc1cc(OC)c2c(-c3ccc(C)c(O)c3)ccnc2c1. The van der Waals surface area contributed by atoms with E-state index in [0.29, 0.717) is 11.5 Å². The smallest absolute Gasteiger partial charge is 0.132 e. The number of aromatic nitrogens is 1. The number of phenols is 1. The molecule has 0 aliphatic heterocycles. The molecule has 3 rings (SSSR count). The average molecular weight is 325 g/mol. The molecular formula is C20H23NO3. The van der Waals surface area contributed by atoms with E-state index >= 15 is 0 Å². The Morgan fingerprint density at radius 2 is 1.71 bits per heavy atom. The first kappa shape index (κ1) is 17.6. The van der Waals surface area contributed by atoms with Crippen LogP contribution in [-0.4, -0.2) is 24.3 Å². The summed E-state index contributed by atoms with van der Waals surface area (Å²) >= 11 is 0. The molecular weight excluding hydrogens is 302 g/mol. The van der Waals surface area contributed by atoms with Crippen molar-refractivity contribution in [3.8, 4) is 28.4 Å². The van der Waals surface area contributed by atoms with E-state index in [1.165, 1.54) is 0 Å². The molecule has 0 fully saturated rings. The summed E-state index contributed by atoms with van der Waals surface area (Å²) in [7, 11) is 3.24. The lowest BCUT2D eigenvalue weighted by atomic mass is 9.99. The van der Waals surface area contributed by atoms with Crippen molar-refractivity contribution in [3.05, 3.63) is 48.2 Å². The van der Waals surface area contributed by atoms with Crippen molar-refractivity contribution in [1.82, 2.24) is 4.98 Å².